The van der Waals surface area contributed by atoms with Crippen molar-refractivity contribution in [2.75, 3.05) is 18.1 Å². The van der Waals surface area contributed by atoms with E-state index in [1.165, 1.54) is 23.9 Å². The van der Waals surface area contributed by atoms with Gasteiger partial charge >= 0.3 is 5.97 Å². The lowest BCUT2D eigenvalue weighted by molar-refractivity contribution is 0.0692. The SMILES string of the molecule is Nc1ccc(SCCOc2ccccc2C(=O)O)c(F)c1. The molecule has 0 aliphatic carbocycles. The number of carboxylic acids is 1. The summed E-state index contributed by atoms with van der Waals surface area (Å²) in [6.07, 6.45) is 0. The third-order valence-electron chi connectivity index (χ3n) is 2.67. The number of carboxylic acid groups (broad SMARTS) is 1. The van der Waals surface area contributed by atoms with Crippen molar-refractivity contribution >= 4 is 23.4 Å². The Balaban J connectivity index is 1.89. The standard InChI is InChI=1S/C15H14FNO3S/c16-12-9-10(17)5-6-14(12)21-8-7-20-13-4-2-1-3-11(13)15(18)19/h1-6,9H,7-8,17H2,(H,18,19). The lowest BCUT2D eigenvalue weighted by atomic mass is 10.2. The van der Waals surface area contributed by atoms with E-state index in [-0.39, 0.29) is 18.0 Å². The van der Waals surface area contributed by atoms with Gasteiger partial charge in [-0.1, -0.05) is 12.1 Å². The molecule has 0 saturated heterocycles. The summed E-state index contributed by atoms with van der Waals surface area (Å²) in [6, 6.07) is 10.9. The number of carbonyl (C=O) groups is 1. The fourth-order valence-corrected chi connectivity index (χ4v) is 2.45. The van der Waals surface area contributed by atoms with E-state index in [0.717, 1.165) is 0 Å². The zero-order valence-electron chi connectivity index (χ0n) is 11.1. The van der Waals surface area contributed by atoms with Gasteiger partial charge in [0.2, 0.25) is 0 Å². The molecule has 0 bridgehead atoms. The second kappa shape index (κ2) is 6.99. The number of nitrogens with two attached hydrogens (primary N) is 1. The number of nitrogen functional groups attached to an aromatic ring is 1. The van der Waals surface area contributed by atoms with Crippen molar-refractivity contribution in [2.45, 2.75) is 4.90 Å². The monoisotopic (exact) mass is 307 g/mol. The Morgan fingerprint density at radius 2 is 2.05 bits per heavy atom. The number of thioether (sulfide) groups is 1. The van der Waals surface area contributed by atoms with Gasteiger partial charge in [-0.3, -0.25) is 0 Å². The average molecular weight is 307 g/mol. The van der Waals surface area contributed by atoms with Crippen LogP contribution in [-0.4, -0.2) is 23.4 Å². The molecule has 21 heavy (non-hydrogen) atoms. The molecule has 0 heterocycles. The Kier molecular flexibility index (Phi) is 5.05. The fourth-order valence-electron chi connectivity index (χ4n) is 1.71. The van der Waals surface area contributed by atoms with Crippen LogP contribution in [0, 0.1) is 5.82 Å². The molecular formula is C15H14FNO3S. The number of hydrogen-bond acceptors (Lipinski definition) is 4. The first kappa shape index (κ1) is 15.2. The molecule has 0 saturated carbocycles. The predicted octanol–water partition coefficient (Wildman–Crippen LogP) is 3.28. The molecule has 2 rings (SSSR count). The van der Waals surface area contributed by atoms with E-state index in [1.807, 2.05) is 0 Å². The molecule has 0 fully saturated rings. The summed E-state index contributed by atoms with van der Waals surface area (Å²) in [7, 11) is 0. The van der Waals surface area contributed by atoms with Crippen LogP contribution >= 0.6 is 11.8 Å². The van der Waals surface area contributed by atoms with Gasteiger partial charge in [-0.05, 0) is 30.3 Å². The first-order valence-corrected chi connectivity index (χ1v) is 7.19. The summed E-state index contributed by atoms with van der Waals surface area (Å²) < 4.78 is 19.0. The van der Waals surface area contributed by atoms with Crippen LogP contribution in [0.15, 0.2) is 47.4 Å². The minimum atomic E-state index is -1.04. The smallest absolute Gasteiger partial charge is 0.339 e. The first-order chi connectivity index (χ1) is 10.1. The maximum Gasteiger partial charge on any atom is 0.339 e. The number of para-hydroxylation sites is 1. The van der Waals surface area contributed by atoms with Crippen LogP contribution < -0.4 is 10.5 Å². The van der Waals surface area contributed by atoms with Crippen LogP contribution in [0.1, 0.15) is 10.4 Å². The van der Waals surface area contributed by atoms with Crippen LogP contribution in [-0.2, 0) is 0 Å². The van der Waals surface area contributed by atoms with Crippen molar-refractivity contribution < 1.29 is 19.0 Å². The number of anilines is 1. The van der Waals surface area contributed by atoms with Gasteiger partial charge in [0.1, 0.15) is 17.1 Å². The van der Waals surface area contributed by atoms with Crippen LogP contribution in [0.3, 0.4) is 0 Å². The average Bonchev–Trinajstić information content (AvgIpc) is 2.45. The summed E-state index contributed by atoms with van der Waals surface area (Å²) in [5.74, 6) is -0.605. The lowest BCUT2D eigenvalue weighted by Gasteiger charge is -2.09. The van der Waals surface area contributed by atoms with Crippen molar-refractivity contribution in [3.8, 4) is 5.75 Å². The normalized spacial score (nSPS) is 10.3. The molecule has 4 nitrogen and oxygen atoms in total. The van der Waals surface area contributed by atoms with Crippen LogP contribution in [0.25, 0.3) is 0 Å². The highest BCUT2D eigenvalue weighted by Crippen LogP contribution is 2.24. The van der Waals surface area contributed by atoms with Crippen molar-refractivity contribution in [3.63, 3.8) is 0 Å². The Bertz CT molecular complexity index is 649. The second-order valence-corrected chi connectivity index (χ2v) is 5.32. The van der Waals surface area contributed by atoms with Gasteiger partial charge in [0.05, 0.1) is 6.61 Å². The highest BCUT2D eigenvalue weighted by Gasteiger charge is 2.10. The summed E-state index contributed by atoms with van der Waals surface area (Å²) in [4.78, 5) is 11.5. The first-order valence-electron chi connectivity index (χ1n) is 6.21. The topological polar surface area (TPSA) is 72.5 Å². The van der Waals surface area contributed by atoms with Crippen molar-refractivity contribution in [3.05, 3.63) is 53.8 Å². The maximum atomic E-state index is 13.6. The Labute approximate surface area is 125 Å². The zero-order chi connectivity index (χ0) is 15.2. The van der Waals surface area contributed by atoms with Gasteiger partial charge in [-0.2, -0.15) is 0 Å². The largest absolute Gasteiger partial charge is 0.492 e. The molecule has 0 aliphatic heterocycles. The van der Waals surface area contributed by atoms with E-state index < -0.39 is 5.97 Å². The fraction of sp³-hybridized carbons (Fsp3) is 0.133. The van der Waals surface area contributed by atoms with E-state index in [1.54, 1.807) is 30.3 Å². The highest BCUT2D eigenvalue weighted by molar-refractivity contribution is 7.99. The van der Waals surface area contributed by atoms with Crippen LogP contribution in [0.5, 0.6) is 5.75 Å². The lowest BCUT2D eigenvalue weighted by Crippen LogP contribution is -2.05. The van der Waals surface area contributed by atoms with E-state index in [4.69, 9.17) is 15.6 Å². The molecular weight excluding hydrogens is 293 g/mol. The molecule has 0 atom stereocenters. The minimum absolute atomic E-state index is 0.112. The number of rotatable bonds is 6. The second-order valence-electron chi connectivity index (χ2n) is 4.19. The van der Waals surface area contributed by atoms with Gasteiger partial charge in [0.25, 0.3) is 0 Å². The minimum Gasteiger partial charge on any atom is -0.492 e. The molecule has 0 unspecified atom stereocenters. The highest BCUT2D eigenvalue weighted by atomic mass is 32.2. The van der Waals surface area contributed by atoms with Gasteiger partial charge in [-0.25, -0.2) is 9.18 Å². The van der Waals surface area contributed by atoms with E-state index >= 15 is 0 Å². The molecule has 2 aromatic rings. The summed E-state index contributed by atoms with van der Waals surface area (Å²) >= 11 is 1.29. The van der Waals surface area contributed by atoms with E-state index in [2.05, 4.69) is 0 Å². The summed E-state index contributed by atoms with van der Waals surface area (Å²) in [5, 5.41) is 9.02. The Morgan fingerprint density at radius 3 is 2.76 bits per heavy atom. The summed E-state index contributed by atoms with van der Waals surface area (Å²) in [6.45, 7) is 0.277. The third kappa shape index (κ3) is 4.13. The van der Waals surface area contributed by atoms with Crippen molar-refractivity contribution in [1.82, 2.24) is 0 Å². The van der Waals surface area contributed by atoms with Crippen molar-refractivity contribution in [2.24, 2.45) is 0 Å². The number of benzene rings is 2. The molecule has 0 spiro atoms. The Hall–Kier alpha value is -2.21. The van der Waals surface area contributed by atoms with E-state index in [0.29, 0.717) is 22.1 Å². The third-order valence-corrected chi connectivity index (χ3v) is 3.68. The number of ether oxygens (including phenoxy) is 1. The molecule has 6 heteroatoms. The number of aromatic carboxylic acids is 1. The molecule has 3 N–H and O–H groups in total. The number of halogens is 1. The van der Waals surface area contributed by atoms with Crippen LogP contribution in [0.4, 0.5) is 10.1 Å². The van der Waals surface area contributed by atoms with Gasteiger partial charge in [0.15, 0.2) is 0 Å². The maximum absolute atomic E-state index is 13.6. The molecule has 0 radical (unpaired) electrons. The number of hydrogen-bond donors (Lipinski definition) is 2. The predicted molar refractivity (Wildman–Crippen MR) is 80.4 cm³/mol. The van der Waals surface area contributed by atoms with E-state index in [9.17, 15) is 9.18 Å². The molecule has 0 aromatic heterocycles. The summed E-state index contributed by atoms with van der Waals surface area (Å²) in [5.41, 5.74) is 5.96. The van der Waals surface area contributed by atoms with Crippen molar-refractivity contribution in [1.29, 1.82) is 0 Å². The van der Waals surface area contributed by atoms with Gasteiger partial charge in [0, 0.05) is 16.3 Å². The van der Waals surface area contributed by atoms with Crippen LogP contribution in [0.2, 0.25) is 0 Å². The molecule has 0 amide bonds. The molecule has 2 aromatic carbocycles. The molecule has 110 valence electrons. The zero-order valence-corrected chi connectivity index (χ0v) is 11.9. The quantitative estimate of drug-likeness (QED) is 0.487. The van der Waals surface area contributed by atoms with Gasteiger partial charge in [-0.15, -0.1) is 11.8 Å². The molecule has 0 aliphatic rings. The Morgan fingerprint density at radius 1 is 1.29 bits per heavy atom. The van der Waals surface area contributed by atoms with Gasteiger partial charge < -0.3 is 15.6 Å².